The molecule has 0 aromatic heterocycles. The molecular weight excluding hydrogens is 344 g/mol. The Hall–Kier alpha value is -1.04. The van der Waals surface area contributed by atoms with Gasteiger partial charge in [0.1, 0.15) is 6.61 Å². The van der Waals surface area contributed by atoms with Gasteiger partial charge in [-0.05, 0) is 73.2 Å². The van der Waals surface area contributed by atoms with Gasteiger partial charge in [-0.1, -0.05) is 19.4 Å². The highest BCUT2D eigenvalue weighted by atomic mass is 16.3. The average molecular weight is 376 g/mol. The van der Waals surface area contributed by atoms with Crippen molar-refractivity contribution in [3.05, 3.63) is 11.6 Å². The predicted octanol–water partition coefficient (Wildman–Crippen LogP) is 2.03. The second-order valence-corrected chi connectivity index (χ2v) is 9.94. The normalized spacial score (nSPS) is 49.1. The number of carbonyl (C=O) groups is 2. The summed E-state index contributed by atoms with van der Waals surface area (Å²) in [6, 6.07) is 0. The average Bonchev–Trinajstić information content (AvgIpc) is 2.94. The van der Waals surface area contributed by atoms with Crippen molar-refractivity contribution >= 4 is 11.6 Å². The SMILES string of the molecule is C[C@]12CCC(=O)C=C1CC[C@@H]1C2[C@@H](O)C[C@@]2(C)[C@H]1CC[C@]2(CO)C(=O)CO. The van der Waals surface area contributed by atoms with E-state index in [1.807, 2.05) is 13.0 Å². The minimum absolute atomic E-state index is 0.0994. The van der Waals surface area contributed by atoms with E-state index in [2.05, 4.69) is 6.92 Å². The first-order valence-corrected chi connectivity index (χ1v) is 10.4. The number of Topliss-reactive ketones (excluding diaryl/α,β-unsaturated/α-hetero) is 1. The van der Waals surface area contributed by atoms with E-state index < -0.39 is 23.5 Å². The summed E-state index contributed by atoms with van der Waals surface area (Å²) >= 11 is 0. The molecular formula is C22H32O5. The molecule has 3 N–H and O–H groups in total. The molecule has 0 spiro atoms. The molecule has 0 aromatic rings. The smallest absolute Gasteiger partial charge is 0.167 e. The van der Waals surface area contributed by atoms with Gasteiger partial charge >= 0.3 is 0 Å². The third-order valence-electron chi connectivity index (χ3n) is 9.21. The molecule has 5 heteroatoms. The maximum atomic E-state index is 12.7. The molecule has 0 bridgehead atoms. The molecule has 0 radical (unpaired) electrons. The maximum absolute atomic E-state index is 12.7. The van der Waals surface area contributed by atoms with E-state index in [1.54, 1.807) is 0 Å². The lowest BCUT2D eigenvalue weighted by Gasteiger charge is -2.61. The van der Waals surface area contributed by atoms with Gasteiger partial charge in [0.2, 0.25) is 0 Å². The first-order chi connectivity index (χ1) is 12.7. The van der Waals surface area contributed by atoms with Crippen LogP contribution in [0.3, 0.4) is 0 Å². The van der Waals surface area contributed by atoms with E-state index >= 15 is 0 Å². The molecule has 150 valence electrons. The third-order valence-corrected chi connectivity index (χ3v) is 9.21. The Labute approximate surface area is 160 Å². The zero-order valence-corrected chi connectivity index (χ0v) is 16.4. The number of rotatable bonds is 3. The minimum Gasteiger partial charge on any atom is -0.395 e. The van der Waals surface area contributed by atoms with Crippen molar-refractivity contribution in [2.75, 3.05) is 13.2 Å². The first kappa shape index (κ1) is 19.3. The van der Waals surface area contributed by atoms with E-state index in [0.29, 0.717) is 19.3 Å². The quantitative estimate of drug-likeness (QED) is 0.701. The fourth-order valence-electron chi connectivity index (χ4n) is 7.76. The number of fused-ring (bicyclic) bond motifs is 5. The van der Waals surface area contributed by atoms with Gasteiger partial charge in [0.15, 0.2) is 11.6 Å². The van der Waals surface area contributed by atoms with Crippen LogP contribution in [0.25, 0.3) is 0 Å². The molecule has 0 heterocycles. The van der Waals surface area contributed by atoms with Crippen molar-refractivity contribution in [1.29, 1.82) is 0 Å². The van der Waals surface area contributed by atoms with E-state index in [0.717, 1.165) is 25.7 Å². The Balaban J connectivity index is 1.75. The molecule has 3 saturated carbocycles. The van der Waals surface area contributed by atoms with Crippen LogP contribution in [0.4, 0.5) is 0 Å². The van der Waals surface area contributed by atoms with Crippen molar-refractivity contribution in [3.63, 3.8) is 0 Å². The van der Waals surface area contributed by atoms with Gasteiger partial charge in [0.25, 0.3) is 0 Å². The summed E-state index contributed by atoms with van der Waals surface area (Å²) in [5.74, 6) is 0.553. The van der Waals surface area contributed by atoms with Crippen molar-refractivity contribution < 1.29 is 24.9 Å². The third kappa shape index (κ3) is 2.34. The summed E-state index contributed by atoms with van der Waals surface area (Å²) in [5.41, 5.74) is -0.397. The number of ketones is 2. The van der Waals surface area contributed by atoms with Crippen LogP contribution in [-0.4, -0.2) is 46.2 Å². The number of hydrogen-bond donors (Lipinski definition) is 3. The van der Waals surface area contributed by atoms with Gasteiger partial charge in [-0.2, -0.15) is 0 Å². The van der Waals surface area contributed by atoms with Gasteiger partial charge in [-0.25, -0.2) is 0 Å². The molecule has 4 aliphatic rings. The molecule has 0 amide bonds. The number of carbonyl (C=O) groups excluding carboxylic acids is 2. The number of allylic oxidation sites excluding steroid dienone is 1. The van der Waals surface area contributed by atoms with E-state index in [4.69, 9.17) is 0 Å². The summed E-state index contributed by atoms with van der Waals surface area (Å²) in [6.07, 6.45) is 6.30. The van der Waals surface area contributed by atoms with Gasteiger partial charge in [-0.3, -0.25) is 9.59 Å². The maximum Gasteiger partial charge on any atom is 0.167 e. The molecule has 0 saturated heterocycles. The summed E-state index contributed by atoms with van der Waals surface area (Å²) in [4.78, 5) is 24.6. The molecule has 0 aliphatic heterocycles. The molecule has 7 atom stereocenters. The number of aliphatic hydroxyl groups excluding tert-OH is 3. The first-order valence-electron chi connectivity index (χ1n) is 10.4. The van der Waals surface area contributed by atoms with Crippen molar-refractivity contribution in [2.24, 2.45) is 34.0 Å². The molecule has 1 unspecified atom stereocenters. The molecule has 4 aliphatic carbocycles. The Bertz CT molecular complexity index is 699. The van der Waals surface area contributed by atoms with Crippen LogP contribution in [0.2, 0.25) is 0 Å². The van der Waals surface area contributed by atoms with Gasteiger partial charge in [0.05, 0.1) is 18.1 Å². The molecule has 3 fully saturated rings. The van der Waals surface area contributed by atoms with E-state index in [1.165, 1.54) is 5.57 Å². The Kier molecular flexibility index (Phi) is 4.45. The van der Waals surface area contributed by atoms with Crippen LogP contribution in [0.15, 0.2) is 11.6 Å². The summed E-state index contributed by atoms with van der Waals surface area (Å²) in [5, 5.41) is 31.1. The van der Waals surface area contributed by atoms with Crippen LogP contribution < -0.4 is 0 Å². The Morgan fingerprint density at radius 2 is 1.93 bits per heavy atom. The van der Waals surface area contributed by atoms with E-state index in [-0.39, 0.29) is 41.3 Å². The Morgan fingerprint density at radius 3 is 2.59 bits per heavy atom. The van der Waals surface area contributed by atoms with E-state index in [9.17, 15) is 24.9 Å². The van der Waals surface area contributed by atoms with Crippen molar-refractivity contribution in [3.8, 4) is 0 Å². The second-order valence-electron chi connectivity index (χ2n) is 9.94. The monoisotopic (exact) mass is 376 g/mol. The highest BCUT2D eigenvalue weighted by Gasteiger charge is 2.68. The number of hydrogen-bond acceptors (Lipinski definition) is 5. The lowest BCUT2D eigenvalue weighted by molar-refractivity contribution is -0.168. The molecule has 27 heavy (non-hydrogen) atoms. The topological polar surface area (TPSA) is 94.8 Å². The standard InChI is InChI=1S/C22H32O5/c1-20-7-5-14(25)9-13(20)3-4-15-16-6-8-22(12-24,18(27)11-23)21(16,2)10-17(26)19(15)20/h9,15-17,19,23-24,26H,3-8,10-12H2,1-2H3/t15-,16-,17-,19?,20-,21-,22-/m0/s1. The summed E-state index contributed by atoms with van der Waals surface area (Å²) < 4.78 is 0. The molecule has 4 rings (SSSR count). The van der Waals surface area contributed by atoms with Gasteiger partial charge < -0.3 is 15.3 Å². The Morgan fingerprint density at radius 1 is 1.19 bits per heavy atom. The number of aliphatic hydroxyl groups is 3. The predicted molar refractivity (Wildman–Crippen MR) is 99.7 cm³/mol. The molecule has 5 nitrogen and oxygen atoms in total. The van der Waals surface area contributed by atoms with Crippen LogP contribution in [0.1, 0.15) is 58.8 Å². The molecule has 0 aromatic carbocycles. The van der Waals surface area contributed by atoms with Crippen LogP contribution in [-0.2, 0) is 9.59 Å². The largest absolute Gasteiger partial charge is 0.395 e. The van der Waals surface area contributed by atoms with Crippen molar-refractivity contribution in [1.82, 2.24) is 0 Å². The fourth-order valence-corrected chi connectivity index (χ4v) is 7.76. The van der Waals surface area contributed by atoms with Gasteiger partial charge in [0, 0.05) is 6.42 Å². The van der Waals surface area contributed by atoms with Crippen LogP contribution in [0.5, 0.6) is 0 Å². The zero-order valence-electron chi connectivity index (χ0n) is 16.4. The lowest BCUT2D eigenvalue weighted by atomic mass is 9.44. The minimum atomic E-state index is -0.947. The van der Waals surface area contributed by atoms with Gasteiger partial charge in [-0.15, -0.1) is 0 Å². The second kappa shape index (κ2) is 6.23. The highest BCUT2D eigenvalue weighted by molar-refractivity contribution is 5.91. The van der Waals surface area contributed by atoms with Crippen LogP contribution in [0, 0.1) is 34.0 Å². The lowest BCUT2D eigenvalue weighted by Crippen LogP contribution is -2.60. The van der Waals surface area contributed by atoms with Crippen molar-refractivity contribution in [2.45, 2.75) is 64.9 Å². The highest BCUT2D eigenvalue weighted by Crippen LogP contribution is 2.69. The fraction of sp³-hybridized carbons (Fsp3) is 0.818. The van der Waals surface area contributed by atoms with Crippen LogP contribution >= 0.6 is 0 Å². The summed E-state index contributed by atoms with van der Waals surface area (Å²) in [7, 11) is 0. The zero-order chi connectivity index (χ0) is 19.6. The summed E-state index contributed by atoms with van der Waals surface area (Å²) in [6.45, 7) is 3.44.